The number of fused-ring (bicyclic) bond motifs is 3. The van der Waals surface area contributed by atoms with E-state index in [2.05, 4.69) is 90.1 Å². The number of hydrogen-bond acceptors (Lipinski definition) is 0. The van der Waals surface area contributed by atoms with Crippen molar-refractivity contribution in [3.05, 3.63) is 90.0 Å². The smallest absolute Gasteiger partial charge is 0.0253 e. The van der Waals surface area contributed by atoms with Crippen molar-refractivity contribution in [1.29, 1.82) is 0 Å². The molecule has 0 saturated heterocycles. The molecular formula is C27H32Ti. The molecule has 144 valence electrons. The number of benzene rings is 2. The van der Waals surface area contributed by atoms with Gasteiger partial charge in [-0.15, -0.1) is 5.56 Å². The molecule has 0 saturated carbocycles. The third-order valence-corrected chi connectivity index (χ3v) is 5.12. The monoisotopic (exact) mass is 404 g/mol. The summed E-state index contributed by atoms with van der Waals surface area (Å²) in [6, 6.07) is 28.1. The summed E-state index contributed by atoms with van der Waals surface area (Å²) in [7, 11) is 0. The van der Waals surface area contributed by atoms with Gasteiger partial charge in [0.1, 0.15) is 0 Å². The van der Waals surface area contributed by atoms with Crippen LogP contribution in [0.25, 0.3) is 11.1 Å². The molecule has 28 heavy (non-hydrogen) atoms. The van der Waals surface area contributed by atoms with Crippen molar-refractivity contribution in [1.82, 2.24) is 0 Å². The first-order valence-corrected chi connectivity index (χ1v) is 11.1. The van der Waals surface area contributed by atoms with Crippen molar-refractivity contribution in [2.24, 2.45) is 11.8 Å². The van der Waals surface area contributed by atoms with Gasteiger partial charge in [-0.2, -0.15) is 48.0 Å². The van der Waals surface area contributed by atoms with Crippen molar-refractivity contribution in [2.75, 3.05) is 0 Å². The fraction of sp³-hybridized carbons (Fsp3) is 0.333. The Morgan fingerprint density at radius 1 is 0.893 bits per heavy atom. The van der Waals surface area contributed by atoms with Crippen LogP contribution in [-0.4, -0.2) is 3.81 Å². The van der Waals surface area contributed by atoms with Crippen molar-refractivity contribution in [2.45, 2.75) is 47.0 Å². The predicted octanol–water partition coefficient (Wildman–Crippen LogP) is 7.26. The average molecular weight is 404 g/mol. The zero-order valence-corrected chi connectivity index (χ0v) is 19.3. The number of hydrogen-bond donors (Lipinski definition) is 0. The maximum absolute atomic E-state index is 3.30. The molecule has 0 atom stereocenters. The maximum Gasteiger partial charge on any atom is -0.0253 e. The minimum atomic E-state index is 0.832. The summed E-state index contributed by atoms with van der Waals surface area (Å²) < 4.78 is 1.66. The summed E-state index contributed by atoms with van der Waals surface area (Å²) in [6.45, 7) is 9.13. The average Bonchev–Trinajstić information content (AvgIpc) is 3.32. The Kier molecular flexibility index (Phi) is 9.75. The summed E-state index contributed by atoms with van der Waals surface area (Å²) in [5.74, 6) is 1.66. The molecule has 0 radical (unpaired) electrons. The van der Waals surface area contributed by atoms with E-state index >= 15 is 0 Å². The first kappa shape index (κ1) is 22.7. The Morgan fingerprint density at radius 3 is 2.07 bits per heavy atom. The quantitative estimate of drug-likeness (QED) is 0.248. The zero-order valence-electron chi connectivity index (χ0n) is 17.7. The predicted molar refractivity (Wildman–Crippen MR) is 119 cm³/mol. The first-order valence-electron chi connectivity index (χ1n) is 10.3. The molecule has 3 aromatic rings. The van der Waals surface area contributed by atoms with Crippen molar-refractivity contribution < 1.29 is 20.0 Å². The molecule has 0 nitrogen and oxygen atoms in total. The fourth-order valence-corrected chi connectivity index (χ4v) is 4.66. The van der Waals surface area contributed by atoms with Gasteiger partial charge in [0.25, 0.3) is 0 Å². The van der Waals surface area contributed by atoms with Gasteiger partial charge in [-0.25, -0.2) is 12.1 Å². The standard InChI is InChI=1S/C13H9.C9H18.C5H5.Ti/c1-3-7-12-10(5-1)9-11-6-2-4-8-13(11)12;1-8(2)6-5-7-9(3)4;1-2-4-5-3-1;/h1-5,7-8H,9H2;8-9H,6-7H2,1-4H3;1-5H;/q-1;;-1;+2. The van der Waals surface area contributed by atoms with E-state index < -0.39 is 0 Å². The van der Waals surface area contributed by atoms with Gasteiger partial charge in [0.15, 0.2) is 0 Å². The molecule has 0 bridgehead atoms. The Morgan fingerprint density at radius 2 is 1.50 bits per heavy atom. The Balaban J connectivity index is 0.000000166. The van der Waals surface area contributed by atoms with Crippen LogP contribution in [0, 0.1) is 17.9 Å². The van der Waals surface area contributed by atoms with Gasteiger partial charge in [-0.3, -0.25) is 0 Å². The van der Waals surface area contributed by atoms with Crippen LogP contribution in [0.4, 0.5) is 0 Å². The molecule has 0 N–H and O–H groups in total. The van der Waals surface area contributed by atoms with Crippen LogP contribution in [0.2, 0.25) is 0 Å². The molecule has 3 aromatic carbocycles. The van der Waals surface area contributed by atoms with Gasteiger partial charge in [-0.1, -0.05) is 35.4 Å². The second-order valence-electron chi connectivity index (χ2n) is 8.16. The molecule has 1 aliphatic rings. The molecule has 4 rings (SSSR count). The minimum absolute atomic E-state index is 0.832. The molecule has 0 heterocycles. The van der Waals surface area contributed by atoms with Crippen LogP contribution in [0.5, 0.6) is 0 Å². The van der Waals surface area contributed by atoms with Crippen LogP contribution >= 0.6 is 0 Å². The number of rotatable bonds is 4. The maximum atomic E-state index is 3.30. The van der Waals surface area contributed by atoms with Crippen molar-refractivity contribution in [3.8, 4) is 11.1 Å². The van der Waals surface area contributed by atoms with Gasteiger partial charge in [0.2, 0.25) is 0 Å². The van der Waals surface area contributed by atoms with Gasteiger partial charge < -0.3 is 0 Å². The van der Waals surface area contributed by atoms with E-state index in [4.69, 9.17) is 0 Å². The summed E-state index contributed by atoms with van der Waals surface area (Å²) >= 11 is 2.28. The van der Waals surface area contributed by atoms with Crippen LogP contribution in [0.15, 0.2) is 72.8 Å². The summed E-state index contributed by atoms with van der Waals surface area (Å²) in [4.78, 5) is 0. The first-order chi connectivity index (χ1) is 13.5. The molecule has 1 aliphatic carbocycles. The van der Waals surface area contributed by atoms with Crippen LogP contribution in [-0.2, 0) is 26.4 Å². The van der Waals surface area contributed by atoms with Crippen LogP contribution < -0.4 is 0 Å². The molecule has 0 aromatic heterocycles. The van der Waals surface area contributed by atoms with E-state index in [-0.39, 0.29) is 0 Å². The van der Waals surface area contributed by atoms with Gasteiger partial charge in [-0.05, 0) is 6.42 Å². The Hall–Kier alpha value is -1.63. The SMILES string of the molecule is CC(C)C[C](=[Ti+2])CC(C)C.[c-]1cccc2c1Cc1ccccc1-2.c1cc[cH-]c1. The minimum Gasteiger partial charge on any atom is -0.214 e. The summed E-state index contributed by atoms with van der Waals surface area (Å²) in [5, 5.41) is 0. The third-order valence-electron chi connectivity index (χ3n) is 4.48. The van der Waals surface area contributed by atoms with E-state index in [0.29, 0.717) is 0 Å². The molecule has 0 unspecified atom stereocenters. The largest absolute Gasteiger partial charge is 0.214 e. The molecule has 1 heteroatoms. The van der Waals surface area contributed by atoms with Crippen LogP contribution in [0.1, 0.15) is 51.7 Å². The topological polar surface area (TPSA) is 0 Å². The molecular weight excluding hydrogens is 372 g/mol. The van der Waals surface area contributed by atoms with Gasteiger partial charge in [0.05, 0.1) is 0 Å². The van der Waals surface area contributed by atoms with E-state index in [0.717, 1.165) is 18.3 Å². The normalized spacial score (nSPS) is 11.1. The Labute approximate surface area is 183 Å². The Bertz CT molecular complexity index is 752. The fourth-order valence-electron chi connectivity index (χ4n) is 3.39. The van der Waals surface area contributed by atoms with Crippen molar-refractivity contribution in [3.63, 3.8) is 0 Å². The van der Waals surface area contributed by atoms with E-state index in [1.807, 2.05) is 36.4 Å². The zero-order chi connectivity index (χ0) is 20.4. The summed E-state index contributed by atoms with van der Waals surface area (Å²) in [6.07, 6.45) is 3.66. The summed E-state index contributed by atoms with van der Waals surface area (Å²) in [5.41, 5.74) is 5.51. The van der Waals surface area contributed by atoms with Crippen LogP contribution in [0.3, 0.4) is 0 Å². The third kappa shape index (κ3) is 7.78. The van der Waals surface area contributed by atoms with Crippen molar-refractivity contribution >= 4 is 3.81 Å². The van der Waals surface area contributed by atoms with E-state index in [9.17, 15) is 0 Å². The molecule has 0 fully saturated rings. The van der Waals surface area contributed by atoms with E-state index in [1.54, 1.807) is 3.81 Å². The van der Waals surface area contributed by atoms with Gasteiger partial charge >= 0.3 is 76.2 Å². The molecule has 0 spiro atoms. The molecule has 0 amide bonds. The second kappa shape index (κ2) is 12.0. The second-order valence-corrected chi connectivity index (χ2v) is 9.26. The molecule has 0 aliphatic heterocycles. The van der Waals surface area contributed by atoms with Gasteiger partial charge in [0, 0.05) is 0 Å². The van der Waals surface area contributed by atoms with E-state index in [1.165, 1.54) is 35.1 Å².